The molecule has 1 saturated carbocycles. The Labute approximate surface area is 178 Å². The monoisotopic (exact) mass is 409 g/mol. The molecule has 0 aromatic carbocycles. The van der Waals surface area contributed by atoms with Crippen LogP contribution in [0.15, 0.2) is 30.7 Å². The number of anilines is 1. The van der Waals surface area contributed by atoms with Crippen LogP contribution in [0, 0.1) is 5.92 Å². The quantitative estimate of drug-likeness (QED) is 0.757. The minimum Gasteiger partial charge on any atom is -0.375 e. The number of nitrogens with one attached hydrogen (secondary N) is 1. The molecule has 0 spiro atoms. The highest BCUT2D eigenvalue weighted by Crippen LogP contribution is 2.39. The molecule has 1 aliphatic heterocycles. The van der Waals surface area contributed by atoms with Crippen LogP contribution in [-0.2, 0) is 9.53 Å². The maximum Gasteiger partial charge on any atom is 0.245 e. The van der Waals surface area contributed by atoms with E-state index in [0.717, 1.165) is 62.4 Å². The summed E-state index contributed by atoms with van der Waals surface area (Å²) in [6.45, 7) is 2.95. The van der Waals surface area contributed by atoms with Crippen molar-refractivity contribution in [2.45, 2.75) is 44.4 Å². The van der Waals surface area contributed by atoms with E-state index in [2.05, 4.69) is 15.2 Å². The van der Waals surface area contributed by atoms with Crippen molar-refractivity contribution in [2.75, 3.05) is 38.3 Å². The summed E-state index contributed by atoms with van der Waals surface area (Å²) >= 11 is 0. The fourth-order valence-electron chi connectivity index (χ4n) is 4.60. The first kappa shape index (κ1) is 20.7. The second-order valence-electron chi connectivity index (χ2n) is 8.35. The summed E-state index contributed by atoms with van der Waals surface area (Å²) in [5.74, 6) is 1.77. The van der Waals surface area contributed by atoms with Crippen molar-refractivity contribution in [3.05, 3.63) is 36.4 Å². The third-order valence-electron chi connectivity index (χ3n) is 6.28. The van der Waals surface area contributed by atoms with Gasteiger partial charge in [-0.2, -0.15) is 0 Å². The highest BCUT2D eigenvalue weighted by atomic mass is 16.5. The Balaban J connectivity index is 1.49. The number of hydrogen-bond acceptors (Lipinski definition) is 6. The normalized spacial score (nSPS) is 21.6. The molecule has 2 aliphatic rings. The fourth-order valence-corrected chi connectivity index (χ4v) is 4.60. The number of nitrogens with zero attached hydrogens (tertiary/aromatic N) is 4. The topological polar surface area (TPSA) is 80.2 Å². The lowest BCUT2D eigenvalue weighted by Gasteiger charge is -2.30. The highest BCUT2D eigenvalue weighted by molar-refractivity contribution is 5.77. The molecule has 0 unspecified atom stereocenters. The Kier molecular flexibility index (Phi) is 6.89. The second-order valence-corrected chi connectivity index (χ2v) is 8.35. The molecule has 2 aromatic heterocycles. The molecule has 0 bridgehead atoms. The summed E-state index contributed by atoms with van der Waals surface area (Å²) in [4.78, 5) is 27.9. The number of methoxy groups -OCH3 is 1. The summed E-state index contributed by atoms with van der Waals surface area (Å²) in [5.41, 5.74) is 3.42. The number of carbonyl (C=O) groups is 1. The summed E-state index contributed by atoms with van der Waals surface area (Å²) in [5, 5.41) is 2.99. The van der Waals surface area contributed by atoms with Crippen molar-refractivity contribution in [1.29, 1.82) is 0 Å². The molecule has 0 atom stereocenters. The number of pyridine rings is 1. The average molecular weight is 410 g/mol. The van der Waals surface area contributed by atoms with E-state index < -0.39 is 0 Å². The molecular formula is C23H31N5O2. The predicted molar refractivity (Wildman–Crippen MR) is 116 cm³/mol. The van der Waals surface area contributed by atoms with Crippen LogP contribution in [0.2, 0.25) is 0 Å². The fraction of sp³-hybridized carbons (Fsp3) is 0.565. The van der Waals surface area contributed by atoms with Gasteiger partial charge in [-0.25, -0.2) is 9.97 Å². The van der Waals surface area contributed by atoms with Crippen molar-refractivity contribution < 1.29 is 9.53 Å². The first-order chi connectivity index (χ1) is 14.7. The zero-order chi connectivity index (χ0) is 20.8. The number of hydrogen-bond donors (Lipinski definition) is 1. The third kappa shape index (κ3) is 4.95. The van der Waals surface area contributed by atoms with E-state index in [1.165, 1.54) is 18.5 Å². The molecule has 2 fully saturated rings. The molecule has 7 nitrogen and oxygen atoms in total. The lowest BCUT2D eigenvalue weighted by Crippen LogP contribution is -2.33. The van der Waals surface area contributed by atoms with Gasteiger partial charge >= 0.3 is 0 Å². The third-order valence-corrected chi connectivity index (χ3v) is 6.28. The van der Waals surface area contributed by atoms with Crippen molar-refractivity contribution in [2.24, 2.45) is 5.92 Å². The van der Waals surface area contributed by atoms with Crippen LogP contribution in [0.25, 0.3) is 11.1 Å². The Bertz CT molecular complexity index is 831. The summed E-state index contributed by atoms with van der Waals surface area (Å²) in [7, 11) is 1.54. The molecule has 1 aliphatic carbocycles. The smallest absolute Gasteiger partial charge is 0.245 e. The van der Waals surface area contributed by atoms with Gasteiger partial charge in [-0.3, -0.25) is 9.78 Å². The van der Waals surface area contributed by atoms with E-state index in [1.807, 2.05) is 30.7 Å². The van der Waals surface area contributed by atoms with Crippen LogP contribution in [0.3, 0.4) is 0 Å². The van der Waals surface area contributed by atoms with Crippen LogP contribution >= 0.6 is 0 Å². The van der Waals surface area contributed by atoms with Crippen LogP contribution in [0.4, 0.5) is 5.95 Å². The zero-order valence-corrected chi connectivity index (χ0v) is 17.7. The van der Waals surface area contributed by atoms with Crippen LogP contribution in [0.5, 0.6) is 0 Å². The van der Waals surface area contributed by atoms with Gasteiger partial charge in [0.2, 0.25) is 11.9 Å². The summed E-state index contributed by atoms with van der Waals surface area (Å²) < 4.78 is 4.89. The van der Waals surface area contributed by atoms with E-state index in [-0.39, 0.29) is 12.5 Å². The van der Waals surface area contributed by atoms with E-state index in [9.17, 15) is 4.79 Å². The maximum atomic E-state index is 11.7. The van der Waals surface area contributed by atoms with Crippen molar-refractivity contribution in [3.8, 4) is 11.1 Å². The Hall–Kier alpha value is -2.54. The van der Waals surface area contributed by atoms with Gasteiger partial charge in [0, 0.05) is 56.8 Å². The molecule has 7 heteroatoms. The van der Waals surface area contributed by atoms with Gasteiger partial charge in [0.15, 0.2) is 0 Å². The largest absolute Gasteiger partial charge is 0.375 e. The zero-order valence-electron chi connectivity index (χ0n) is 17.7. The lowest BCUT2D eigenvalue weighted by molar-refractivity contribution is -0.124. The van der Waals surface area contributed by atoms with E-state index >= 15 is 0 Å². The van der Waals surface area contributed by atoms with Crippen molar-refractivity contribution >= 4 is 11.9 Å². The Morgan fingerprint density at radius 3 is 2.60 bits per heavy atom. The molecule has 3 heterocycles. The van der Waals surface area contributed by atoms with E-state index in [1.54, 1.807) is 7.11 Å². The number of amides is 1. The molecule has 1 amide bonds. The van der Waals surface area contributed by atoms with Gasteiger partial charge in [-0.1, -0.05) is 0 Å². The van der Waals surface area contributed by atoms with Gasteiger partial charge in [0.1, 0.15) is 6.61 Å². The molecule has 160 valence electrons. The van der Waals surface area contributed by atoms with Gasteiger partial charge in [0.25, 0.3) is 0 Å². The molecule has 0 radical (unpaired) electrons. The summed E-state index contributed by atoms with van der Waals surface area (Å²) in [6.07, 6.45) is 12.4. The average Bonchev–Trinajstić information content (AvgIpc) is 3.34. The highest BCUT2D eigenvalue weighted by Gasteiger charge is 2.27. The number of aromatic nitrogens is 3. The molecule has 4 rings (SSSR count). The van der Waals surface area contributed by atoms with E-state index in [4.69, 9.17) is 14.7 Å². The SMILES string of the molecule is COCC(=O)NCC1CCC(c2nc(N3CCCC3)ncc2-c2ccncc2)CC1. The minimum absolute atomic E-state index is 0.0364. The van der Waals surface area contributed by atoms with Crippen molar-refractivity contribution in [1.82, 2.24) is 20.3 Å². The molecular weight excluding hydrogens is 378 g/mol. The van der Waals surface area contributed by atoms with E-state index in [0.29, 0.717) is 11.8 Å². The summed E-state index contributed by atoms with van der Waals surface area (Å²) in [6, 6.07) is 4.07. The molecule has 30 heavy (non-hydrogen) atoms. The first-order valence-corrected chi connectivity index (χ1v) is 11.0. The molecule has 2 aromatic rings. The van der Waals surface area contributed by atoms with Gasteiger partial charge in [-0.05, 0) is 62.1 Å². The molecule has 1 saturated heterocycles. The standard InChI is InChI=1S/C23H31N5O2/c1-30-16-21(29)25-14-17-4-6-19(7-5-17)22-20(18-8-10-24-11-9-18)15-26-23(27-22)28-12-2-3-13-28/h8-11,15,17,19H,2-7,12-14,16H2,1H3,(H,25,29). The van der Waals surface area contributed by atoms with Gasteiger partial charge < -0.3 is 15.0 Å². The number of rotatable bonds is 7. The second kappa shape index (κ2) is 9.98. The lowest BCUT2D eigenvalue weighted by atomic mass is 9.79. The number of ether oxygens (including phenoxy) is 1. The Morgan fingerprint density at radius 2 is 1.90 bits per heavy atom. The van der Waals surface area contributed by atoms with Gasteiger partial charge in [-0.15, -0.1) is 0 Å². The van der Waals surface area contributed by atoms with Crippen LogP contribution < -0.4 is 10.2 Å². The molecule has 1 N–H and O–H groups in total. The van der Waals surface area contributed by atoms with Crippen LogP contribution in [0.1, 0.15) is 50.1 Å². The minimum atomic E-state index is -0.0364. The predicted octanol–water partition coefficient (Wildman–Crippen LogP) is 3.18. The first-order valence-electron chi connectivity index (χ1n) is 11.0. The van der Waals surface area contributed by atoms with Crippen LogP contribution in [-0.4, -0.2) is 54.2 Å². The Morgan fingerprint density at radius 1 is 1.17 bits per heavy atom. The number of carbonyl (C=O) groups excluding carboxylic acids is 1. The maximum absolute atomic E-state index is 11.7. The van der Waals surface area contributed by atoms with Gasteiger partial charge in [0.05, 0.1) is 5.69 Å². The van der Waals surface area contributed by atoms with Crippen molar-refractivity contribution in [3.63, 3.8) is 0 Å².